The maximum atomic E-state index is 14.0. The molecule has 0 unspecified atom stereocenters. The second kappa shape index (κ2) is 7.99. The molecule has 144 valence electrons. The SMILES string of the molecule is N#Cc1ccc(F)c(CN2CCC(C(=O)c3ccc4c(c3)OCCO4)CC2)c1. The largest absolute Gasteiger partial charge is 0.486 e. The van der Waals surface area contributed by atoms with Crippen LogP contribution in [0.15, 0.2) is 36.4 Å². The van der Waals surface area contributed by atoms with E-state index in [-0.39, 0.29) is 17.5 Å². The number of fused-ring (bicyclic) bond motifs is 1. The summed E-state index contributed by atoms with van der Waals surface area (Å²) >= 11 is 0. The second-order valence-electron chi connectivity index (χ2n) is 7.19. The molecule has 0 N–H and O–H groups in total. The van der Waals surface area contributed by atoms with Crippen LogP contribution in [0.4, 0.5) is 4.39 Å². The number of nitrogens with zero attached hydrogens (tertiary/aromatic N) is 2. The summed E-state index contributed by atoms with van der Waals surface area (Å²) in [5, 5.41) is 9.00. The molecule has 2 aromatic carbocycles. The van der Waals surface area contributed by atoms with E-state index in [1.54, 1.807) is 24.3 Å². The molecule has 0 bridgehead atoms. The minimum atomic E-state index is -0.298. The van der Waals surface area contributed by atoms with Crippen molar-refractivity contribution in [2.45, 2.75) is 19.4 Å². The molecule has 2 heterocycles. The van der Waals surface area contributed by atoms with Gasteiger partial charge in [0, 0.05) is 23.6 Å². The molecule has 2 aromatic rings. The van der Waals surface area contributed by atoms with E-state index >= 15 is 0 Å². The van der Waals surface area contributed by atoms with Crippen molar-refractivity contribution in [3.63, 3.8) is 0 Å². The minimum absolute atomic E-state index is 0.0471. The number of ether oxygens (including phenoxy) is 2. The Morgan fingerprint density at radius 2 is 1.86 bits per heavy atom. The van der Waals surface area contributed by atoms with Gasteiger partial charge in [-0.25, -0.2) is 4.39 Å². The van der Waals surface area contributed by atoms with Gasteiger partial charge < -0.3 is 9.47 Å². The molecule has 6 heteroatoms. The zero-order chi connectivity index (χ0) is 19.5. The lowest BCUT2D eigenvalue weighted by molar-refractivity contribution is 0.0832. The van der Waals surface area contributed by atoms with Gasteiger partial charge in [0.25, 0.3) is 0 Å². The highest BCUT2D eigenvalue weighted by Gasteiger charge is 2.27. The molecule has 0 atom stereocenters. The fraction of sp³-hybridized carbons (Fsp3) is 0.364. The highest BCUT2D eigenvalue weighted by atomic mass is 19.1. The number of Topliss-reactive ketones (excluding diaryl/α,β-unsaturated/α-hetero) is 1. The molecule has 0 aromatic heterocycles. The summed E-state index contributed by atoms with van der Waals surface area (Å²) in [6.45, 7) is 2.91. The van der Waals surface area contributed by atoms with Gasteiger partial charge in [-0.3, -0.25) is 9.69 Å². The van der Waals surface area contributed by atoms with E-state index in [1.807, 2.05) is 6.07 Å². The highest BCUT2D eigenvalue weighted by Crippen LogP contribution is 2.32. The second-order valence-corrected chi connectivity index (χ2v) is 7.19. The Morgan fingerprint density at radius 3 is 2.61 bits per heavy atom. The van der Waals surface area contributed by atoms with Gasteiger partial charge in [0.15, 0.2) is 17.3 Å². The lowest BCUT2D eigenvalue weighted by atomic mass is 9.88. The zero-order valence-electron chi connectivity index (χ0n) is 15.5. The number of carbonyl (C=O) groups is 1. The van der Waals surface area contributed by atoms with Crippen LogP contribution in [0.5, 0.6) is 11.5 Å². The van der Waals surface area contributed by atoms with E-state index in [2.05, 4.69) is 4.90 Å². The lowest BCUT2D eigenvalue weighted by Gasteiger charge is -2.31. The van der Waals surface area contributed by atoms with Crippen LogP contribution in [0.2, 0.25) is 0 Å². The number of benzene rings is 2. The van der Waals surface area contributed by atoms with E-state index < -0.39 is 0 Å². The molecule has 0 saturated carbocycles. The van der Waals surface area contributed by atoms with Crippen molar-refractivity contribution < 1.29 is 18.7 Å². The molecule has 4 rings (SSSR count). The number of carbonyl (C=O) groups excluding carboxylic acids is 1. The third kappa shape index (κ3) is 3.85. The van der Waals surface area contributed by atoms with Gasteiger partial charge in [-0.2, -0.15) is 5.26 Å². The number of halogens is 1. The maximum absolute atomic E-state index is 14.0. The number of hydrogen-bond acceptors (Lipinski definition) is 5. The van der Waals surface area contributed by atoms with E-state index in [0.29, 0.717) is 47.9 Å². The molecule has 5 nitrogen and oxygen atoms in total. The number of ketones is 1. The highest BCUT2D eigenvalue weighted by molar-refractivity contribution is 5.98. The van der Waals surface area contributed by atoms with Crippen LogP contribution in [0.1, 0.15) is 34.3 Å². The molecule has 28 heavy (non-hydrogen) atoms. The van der Waals surface area contributed by atoms with Gasteiger partial charge in [-0.1, -0.05) is 0 Å². The number of nitriles is 1. The summed E-state index contributed by atoms with van der Waals surface area (Å²) in [6, 6.07) is 11.8. The molecule has 1 saturated heterocycles. The van der Waals surface area contributed by atoms with Crippen LogP contribution >= 0.6 is 0 Å². The van der Waals surface area contributed by atoms with Gasteiger partial charge in [-0.05, 0) is 62.3 Å². The summed E-state index contributed by atoms with van der Waals surface area (Å²) < 4.78 is 25.1. The maximum Gasteiger partial charge on any atom is 0.166 e. The fourth-order valence-corrected chi connectivity index (χ4v) is 3.79. The third-order valence-corrected chi connectivity index (χ3v) is 5.35. The van der Waals surface area contributed by atoms with E-state index in [4.69, 9.17) is 14.7 Å². The fourth-order valence-electron chi connectivity index (χ4n) is 3.79. The van der Waals surface area contributed by atoms with Crippen molar-refractivity contribution in [3.05, 3.63) is 58.9 Å². The Labute approximate surface area is 163 Å². The third-order valence-electron chi connectivity index (χ3n) is 5.35. The van der Waals surface area contributed by atoms with Gasteiger partial charge in [-0.15, -0.1) is 0 Å². The van der Waals surface area contributed by atoms with Gasteiger partial charge >= 0.3 is 0 Å². The van der Waals surface area contributed by atoms with Crippen molar-refractivity contribution in [3.8, 4) is 17.6 Å². The van der Waals surface area contributed by atoms with E-state index in [0.717, 1.165) is 25.9 Å². The molecule has 0 amide bonds. The van der Waals surface area contributed by atoms with E-state index in [9.17, 15) is 9.18 Å². The summed E-state index contributed by atoms with van der Waals surface area (Å²) in [7, 11) is 0. The first kappa shape index (κ1) is 18.5. The minimum Gasteiger partial charge on any atom is -0.486 e. The predicted octanol–water partition coefficient (Wildman–Crippen LogP) is 3.56. The van der Waals surface area contributed by atoms with Crippen molar-refractivity contribution >= 4 is 5.78 Å². The Morgan fingerprint density at radius 1 is 1.11 bits per heavy atom. The number of hydrogen-bond donors (Lipinski definition) is 0. The van der Waals surface area contributed by atoms with Crippen LogP contribution in [0, 0.1) is 23.1 Å². The first-order valence-corrected chi connectivity index (χ1v) is 9.49. The Bertz CT molecular complexity index is 930. The molecule has 2 aliphatic heterocycles. The Balaban J connectivity index is 1.38. The van der Waals surface area contributed by atoms with E-state index in [1.165, 1.54) is 12.1 Å². The molecular weight excluding hydrogens is 359 g/mol. The molecule has 0 radical (unpaired) electrons. The Hall–Kier alpha value is -2.91. The molecule has 1 fully saturated rings. The van der Waals surface area contributed by atoms with Crippen molar-refractivity contribution in [1.82, 2.24) is 4.90 Å². The summed E-state index contributed by atoms with van der Waals surface area (Å²) in [5.74, 6) is 1.08. The Kier molecular flexibility index (Phi) is 5.27. The van der Waals surface area contributed by atoms with Gasteiger partial charge in [0.05, 0.1) is 11.6 Å². The number of piperidine rings is 1. The quantitative estimate of drug-likeness (QED) is 0.759. The average Bonchev–Trinajstić information content (AvgIpc) is 2.75. The van der Waals surface area contributed by atoms with Crippen molar-refractivity contribution in [2.24, 2.45) is 5.92 Å². The number of rotatable bonds is 4. The van der Waals surface area contributed by atoms with Crippen LogP contribution in [-0.2, 0) is 6.54 Å². The summed E-state index contributed by atoms with van der Waals surface area (Å²) in [4.78, 5) is 15.0. The smallest absolute Gasteiger partial charge is 0.166 e. The molecular formula is C22H21FN2O3. The monoisotopic (exact) mass is 380 g/mol. The van der Waals surface area contributed by atoms with Crippen LogP contribution in [0.25, 0.3) is 0 Å². The first-order chi connectivity index (χ1) is 13.6. The van der Waals surface area contributed by atoms with Crippen LogP contribution in [0.3, 0.4) is 0 Å². The molecule has 2 aliphatic rings. The van der Waals surface area contributed by atoms with Gasteiger partial charge in [0.2, 0.25) is 0 Å². The van der Waals surface area contributed by atoms with Crippen molar-refractivity contribution in [2.75, 3.05) is 26.3 Å². The number of likely N-dealkylation sites (tertiary alicyclic amines) is 1. The summed E-state index contributed by atoms with van der Waals surface area (Å²) in [5.41, 5.74) is 1.63. The average molecular weight is 380 g/mol. The zero-order valence-corrected chi connectivity index (χ0v) is 15.5. The lowest BCUT2D eigenvalue weighted by Crippen LogP contribution is -2.36. The standard InChI is InChI=1S/C22H21FN2O3/c23-19-3-1-15(13-24)11-18(19)14-25-7-5-16(6-8-25)22(26)17-2-4-20-21(12-17)28-10-9-27-20/h1-4,11-12,16H,5-10,14H2. The normalized spacial score (nSPS) is 17.1. The molecule has 0 aliphatic carbocycles. The first-order valence-electron chi connectivity index (χ1n) is 9.49. The van der Waals surface area contributed by atoms with Gasteiger partial charge in [0.1, 0.15) is 19.0 Å². The van der Waals surface area contributed by atoms with Crippen LogP contribution < -0.4 is 9.47 Å². The van der Waals surface area contributed by atoms with Crippen molar-refractivity contribution in [1.29, 1.82) is 5.26 Å². The predicted molar refractivity (Wildman–Crippen MR) is 101 cm³/mol. The molecule has 0 spiro atoms. The topological polar surface area (TPSA) is 62.6 Å². The van der Waals surface area contributed by atoms with Crippen LogP contribution in [-0.4, -0.2) is 37.0 Å². The summed E-state index contributed by atoms with van der Waals surface area (Å²) in [6.07, 6.45) is 1.46.